The predicted octanol–water partition coefficient (Wildman–Crippen LogP) is 2.58. The SMILES string of the molecule is CC(C)COc1ccc(C=O)nc1Cl. The van der Waals surface area contributed by atoms with Gasteiger partial charge < -0.3 is 4.74 Å². The van der Waals surface area contributed by atoms with Crippen molar-refractivity contribution in [2.24, 2.45) is 5.92 Å². The first kappa shape index (κ1) is 11.0. The molecule has 0 aliphatic rings. The molecule has 0 radical (unpaired) electrons. The number of aldehydes is 1. The van der Waals surface area contributed by atoms with E-state index in [2.05, 4.69) is 4.98 Å². The highest BCUT2D eigenvalue weighted by Gasteiger charge is 2.04. The number of nitrogens with zero attached hydrogens (tertiary/aromatic N) is 1. The number of carbonyl (C=O) groups excluding carboxylic acids is 1. The summed E-state index contributed by atoms with van der Waals surface area (Å²) in [5.41, 5.74) is 0.312. The molecule has 0 aromatic carbocycles. The van der Waals surface area contributed by atoms with E-state index in [9.17, 15) is 4.79 Å². The van der Waals surface area contributed by atoms with Crippen LogP contribution in [0.2, 0.25) is 5.15 Å². The lowest BCUT2D eigenvalue weighted by Crippen LogP contribution is -2.05. The van der Waals surface area contributed by atoms with Gasteiger partial charge in [-0.05, 0) is 18.1 Å². The molecule has 1 aromatic heterocycles. The quantitative estimate of drug-likeness (QED) is 0.570. The van der Waals surface area contributed by atoms with Gasteiger partial charge in [0.25, 0.3) is 0 Å². The molecule has 0 amide bonds. The molecule has 4 heteroatoms. The first-order chi connectivity index (χ1) is 6.63. The highest BCUT2D eigenvalue weighted by atomic mass is 35.5. The Balaban J connectivity index is 2.73. The van der Waals surface area contributed by atoms with E-state index >= 15 is 0 Å². The smallest absolute Gasteiger partial charge is 0.171 e. The van der Waals surface area contributed by atoms with E-state index in [-0.39, 0.29) is 5.15 Å². The number of hydrogen-bond acceptors (Lipinski definition) is 3. The number of hydrogen-bond donors (Lipinski definition) is 0. The molecule has 0 fully saturated rings. The van der Waals surface area contributed by atoms with Gasteiger partial charge in [-0.3, -0.25) is 4.79 Å². The lowest BCUT2D eigenvalue weighted by molar-refractivity contribution is 0.111. The zero-order valence-corrected chi connectivity index (χ0v) is 8.91. The molecule has 0 aliphatic heterocycles. The Hall–Kier alpha value is -1.09. The van der Waals surface area contributed by atoms with Crippen LogP contribution in [0.15, 0.2) is 12.1 Å². The van der Waals surface area contributed by atoms with Crippen molar-refractivity contribution in [1.82, 2.24) is 4.98 Å². The second-order valence-corrected chi connectivity index (χ2v) is 3.71. The third-order valence-electron chi connectivity index (χ3n) is 1.53. The molecule has 1 rings (SSSR count). The van der Waals surface area contributed by atoms with Gasteiger partial charge in [-0.1, -0.05) is 25.4 Å². The van der Waals surface area contributed by atoms with E-state index in [0.29, 0.717) is 30.3 Å². The molecule has 0 unspecified atom stereocenters. The van der Waals surface area contributed by atoms with Gasteiger partial charge in [-0.15, -0.1) is 0 Å². The molecule has 0 atom stereocenters. The number of ether oxygens (including phenoxy) is 1. The summed E-state index contributed by atoms with van der Waals surface area (Å²) >= 11 is 5.80. The molecule has 0 spiro atoms. The number of carbonyl (C=O) groups is 1. The van der Waals surface area contributed by atoms with Crippen LogP contribution in [0.1, 0.15) is 24.3 Å². The second-order valence-electron chi connectivity index (χ2n) is 3.35. The van der Waals surface area contributed by atoms with Crippen molar-refractivity contribution in [3.05, 3.63) is 23.0 Å². The van der Waals surface area contributed by atoms with Crippen LogP contribution in [0.4, 0.5) is 0 Å². The van der Waals surface area contributed by atoms with Crippen molar-refractivity contribution < 1.29 is 9.53 Å². The highest BCUT2D eigenvalue weighted by molar-refractivity contribution is 6.30. The maximum absolute atomic E-state index is 10.4. The zero-order valence-electron chi connectivity index (χ0n) is 8.16. The Morgan fingerprint density at radius 3 is 2.79 bits per heavy atom. The topological polar surface area (TPSA) is 39.2 Å². The number of halogens is 1. The molecule has 0 aliphatic carbocycles. The summed E-state index contributed by atoms with van der Waals surface area (Å²) in [6, 6.07) is 3.23. The van der Waals surface area contributed by atoms with Gasteiger partial charge in [-0.2, -0.15) is 0 Å². The minimum absolute atomic E-state index is 0.232. The molecule has 1 heterocycles. The molecule has 0 saturated carbocycles. The predicted molar refractivity (Wildman–Crippen MR) is 55.0 cm³/mol. The standard InChI is InChI=1S/C10H12ClNO2/c1-7(2)6-14-9-4-3-8(5-13)12-10(9)11/h3-5,7H,6H2,1-2H3. The van der Waals surface area contributed by atoms with Crippen LogP contribution in [0.3, 0.4) is 0 Å². The fourth-order valence-corrected chi connectivity index (χ4v) is 1.08. The van der Waals surface area contributed by atoms with Crippen molar-refractivity contribution in [2.75, 3.05) is 6.61 Å². The summed E-state index contributed by atoms with van der Waals surface area (Å²) in [4.78, 5) is 14.2. The van der Waals surface area contributed by atoms with Crippen LogP contribution in [0.5, 0.6) is 5.75 Å². The van der Waals surface area contributed by atoms with E-state index in [1.807, 2.05) is 13.8 Å². The fourth-order valence-electron chi connectivity index (χ4n) is 0.865. The Morgan fingerprint density at radius 1 is 1.57 bits per heavy atom. The van der Waals surface area contributed by atoms with Crippen molar-refractivity contribution in [3.8, 4) is 5.75 Å². The van der Waals surface area contributed by atoms with Gasteiger partial charge >= 0.3 is 0 Å². The van der Waals surface area contributed by atoms with Gasteiger partial charge in [0.2, 0.25) is 0 Å². The van der Waals surface area contributed by atoms with Crippen LogP contribution in [0.25, 0.3) is 0 Å². The minimum atomic E-state index is 0.232. The Kier molecular flexibility index (Phi) is 3.89. The monoisotopic (exact) mass is 213 g/mol. The maximum atomic E-state index is 10.4. The molecular weight excluding hydrogens is 202 g/mol. The zero-order chi connectivity index (χ0) is 10.6. The number of pyridine rings is 1. The van der Waals surface area contributed by atoms with Crippen molar-refractivity contribution >= 4 is 17.9 Å². The molecule has 76 valence electrons. The van der Waals surface area contributed by atoms with Gasteiger partial charge in [0.05, 0.1) is 6.61 Å². The summed E-state index contributed by atoms with van der Waals surface area (Å²) < 4.78 is 5.39. The van der Waals surface area contributed by atoms with Crippen molar-refractivity contribution in [3.63, 3.8) is 0 Å². The summed E-state index contributed by atoms with van der Waals surface area (Å²) in [6.45, 7) is 4.67. The van der Waals surface area contributed by atoms with E-state index in [4.69, 9.17) is 16.3 Å². The maximum Gasteiger partial charge on any atom is 0.171 e. The van der Waals surface area contributed by atoms with Crippen LogP contribution in [-0.2, 0) is 0 Å². The average Bonchev–Trinajstić information content (AvgIpc) is 2.15. The van der Waals surface area contributed by atoms with Gasteiger partial charge in [0.15, 0.2) is 17.2 Å². The largest absolute Gasteiger partial charge is 0.490 e. The second kappa shape index (κ2) is 4.96. The van der Waals surface area contributed by atoms with Crippen molar-refractivity contribution in [2.45, 2.75) is 13.8 Å². The van der Waals surface area contributed by atoms with Crippen LogP contribution < -0.4 is 4.74 Å². The normalized spacial score (nSPS) is 10.3. The summed E-state index contributed by atoms with van der Waals surface area (Å²) in [6.07, 6.45) is 0.651. The van der Waals surface area contributed by atoms with Crippen LogP contribution in [-0.4, -0.2) is 17.9 Å². The summed E-state index contributed by atoms with van der Waals surface area (Å²) in [7, 11) is 0. The van der Waals surface area contributed by atoms with E-state index in [1.54, 1.807) is 12.1 Å². The van der Waals surface area contributed by atoms with Crippen molar-refractivity contribution in [1.29, 1.82) is 0 Å². The lowest BCUT2D eigenvalue weighted by Gasteiger charge is -2.09. The van der Waals surface area contributed by atoms with E-state index in [1.165, 1.54) is 0 Å². The molecule has 0 bridgehead atoms. The summed E-state index contributed by atoms with van der Waals surface area (Å²) in [5.74, 6) is 0.947. The van der Waals surface area contributed by atoms with Gasteiger partial charge in [-0.25, -0.2) is 4.98 Å². The van der Waals surface area contributed by atoms with Gasteiger partial charge in [0, 0.05) is 0 Å². The minimum Gasteiger partial charge on any atom is -0.490 e. The fraction of sp³-hybridized carbons (Fsp3) is 0.400. The number of rotatable bonds is 4. The number of aromatic nitrogens is 1. The third kappa shape index (κ3) is 3.00. The van der Waals surface area contributed by atoms with Gasteiger partial charge in [0.1, 0.15) is 5.69 Å². The first-order valence-electron chi connectivity index (χ1n) is 4.38. The Bertz CT molecular complexity index is 326. The first-order valence-corrected chi connectivity index (χ1v) is 4.75. The molecule has 0 saturated heterocycles. The van der Waals surface area contributed by atoms with E-state index in [0.717, 1.165) is 0 Å². The highest BCUT2D eigenvalue weighted by Crippen LogP contribution is 2.22. The third-order valence-corrected chi connectivity index (χ3v) is 1.80. The molecular formula is C10H12ClNO2. The van der Waals surface area contributed by atoms with Crippen LogP contribution >= 0.6 is 11.6 Å². The lowest BCUT2D eigenvalue weighted by atomic mass is 10.2. The molecule has 0 N–H and O–H groups in total. The Labute approximate surface area is 88.1 Å². The van der Waals surface area contributed by atoms with E-state index < -0.39 is 0 Å². The summed E-state index contributed by atoms with van der Waals surface area (Å²) in [5, 5.41) is 0.232. The molecule has 1 aromatic rings. The Morgan fingerprint density at radius 2 is 2.29 bits per heavy atom. The molecule has 3 nitrogen and oxygen atoms in total. The van der Waals surface area contributed by atoms with Crippen LogP contribution in [0, 0.1) is 5.92 Å². The molecule has 14 heavy (non-hydrogen) atoms. The average molecular weight is 214 g/mol.